The van der Waals surface area contributed by atoms with E-state index in [0.717, 1.165) is 12.8 Å². The van der Waals surface area contributed by atoms with Gasteiger partial charge in [0, 0.05) is 17.8 Å². The van der Waals surface area contributed by atoms with Crippen molar-refractivity contribution >= 4 is 39.3 Å². The van der Waals surface area contributed by atoms with Crippen LogP contribution in [-0.2, 0) is 9.53 Å². The first kappa shape index (κ1) is 17.9. The van der Waals surface area contributed by atoms with Gasteiger partial charge in [0.25, 0.3) is 0 Å². The van der Waals surface area contributed by atoms with Crippen molar-refractivity contribution in [2.24, 2.45) is 0 Å². The third-order valence-corrected chi connectivity index (χ3v) is 4.49. The zero-order valence-electron chi connectivity index (χ0n) is 12.1. The van der Waals surface area contributed by atoms with Gasteiger partial charge in [-0.15, -0.1) is 0 Å². The lowest BCUT2D eigenvalue weighted by molar-refractivity contribution is -0.138. The molecule has 0 atom stereocenters. The van der Waals surface area contributed by atoms with Crippen molar-refractivity contribution in [3.8, 4) is 0 Å². The Balaban J connectivity index is 2.40. The Morgan fingerprint density at radius 3 is 2.70 bits per heavy atom. The molecular weight excluding hydrogens is 396 g/mol. The van der Waals surface area contributed by atoms with Crippen LogP contribution in [-0.4, -0.2) is 24.4 Å². The van der Waals surface area contributed by atoms with Gasteiger partial charge in [-0.05, 0) is 41.8 Å². The van der Waals surface area contributed by atoms with Gasteiger partial charge < -0.3 is 10.1 Å². The molecule has 0 amide bonds. The van der Waals surface area contributed by atoms with Gasteiger partial charge in [0.15, 0.2) is 11.6 Å². The highest BCUT2D eigenvalue weighted by atomic mass is 79.9. The van der Waals surface area contributed by atoms with Crippen LogP contribution in [0.1, 0.15) is 30.1 Å². The second-order valence-corrected chi connectivity index (χ2v) is 6.07. The predicted octanol–water partition coefficient (Wildman–Crippen LogP) is 3.76. The van der Waals surface area contributed by atoms with E-state index in [4.69, 9.17) is 16.3 Å². The predicted molar refractivity (Wildman–Crippen MR) is 84.3 cm³/mol. The van der Waals surface area contributed by atoms with Crippen LogP contribution in [0.3, 0.4) is 0 Å². The zero-order valence-corrected chi connectivity index (χ0v) is 14.4. The molecule has 1 aromatic carbocycles. The van der Waals surface area contributed by atoms with Gasteiger partial charge in [-0.3, -0.25) is 4.79 Å². The van der Waals surface area contributed by atoms with Crippen LogP contribution in [0.15, 0.2) is 22.3 Å². The van der Waals surface area contributed by atoms with Crippen LogP contribution >= 0.6 is 27.5 Å². The molecule has 1 aromatic rings. The van der Waals surface area contributed by atoms with Gasteiger partial charge in [-0.25, -0.2) is 13.6 Å². The number of benzene rings is 1. The van der Waals surface area contributed by atoms with E-state index in [1.807, 2.05) is 0 Å². The van der Waals surface area contributed by atoms with E-state index in [-0.39, 0.29) is 33.3 Å². The van der Waals surface area contributed by atoms with Gasteiger partial charge in [0.2, 0.25) is 5.78 Å². The van der Waals surface area contributed by atoms with Gasteiger partial charge in [-0.2, -0.15) is 0 Å². The maximum absolute atomic E-state index is 13.5. The molecule has 23 heavy (non-hydrogen) atoms. The Morgan fingerprint density at radius 1 is 1.48 bits per heavy atom. The summed E-state index contributed by atoms with van der Waals surface area (Å²) in [5, 5.41) is 2.59. The lowest BCUT2D eigenvalue weighted by Crippen LogP contribution is -2.21. The van der Waals surface area contributed by atoms with Crippen LogP contribution in [0.25, 0.3) is 0 Å². The first-order valence-corrected chi connectivity index (χ1v) is 8.04. The zero-order chi connectivity index (χ0) is 17.1. The fourth-order valence-corrected chi connectivity index (χ4v) is 2.39. The number of ether oxygens (including phenoxy) is 1. The van der Waals surface area contributed by atoms with Crippen LogP contribution in [0.2, 0.25) is 5.02 Å². The maximum atomic E-state index is 13.5. The highest BCUT2D eigenvalue weighted by Crippen LogP contribution is 2.32. The van der Waals surface area contributed by atoms with Gasteiger partial charge in [0.05, 0.1) is 16.1 Å². The van der Waals surface area contributed by atoms with Crippen LogP contribution in [0.4, 0.5) is 8.78 Å². The molecule has 0 aliphatic heterocycles. The molecule has 0 bridgehead atoms. The van der Waals surface area contributed by atoms with Crippen molar-refractivity contribution < 1.29 is 23.1 Å². The summed E-state index contributed by atoms with van der Waals surface area (Å²) in [6.07, 6.45) is 3.10. The minimum absolute atomic E-state index is 0.0715. The van der Waals surface area contributed by atoms with Crippen molar-refractivity contribution in [1.82, 2.24) is 5.32 Å². The summed E-state index contributed by atoms with van der Waals surface area (Å²) in [5.41, 5.74) is -0.645. The van der Waals surface area contributed by atoms with E-state index >= 15 is 0 Å². The summed E-state index contributed by atoms with van der Waals surface area (Å²) in [6, 6.07) is 0.856. The fourth-order valence-electron chi connectivity index (χ4n) is 1.76. The molecule has 0 unspecified atom stereocenters. The molecule has 1 aliphatic rings. The summed E-state index contributed by atoms with van der Waals surface area (Å²) >= 11 is 8.68. The van der Waals surface area contributed by atoms with Gasteiger partial charge in [0.1, 0.15) is 5.57 Å². The van der Waals surface area contributed by atoms with E-state index < -0.39 is 23.4 Å². The van der Waals surface area contributed by atoms with Crippen molar-refractivity contribution in [3.05, 3.63) is 44.5 Å². The first-order valence-electron chi connectivity index (χ1n) is 6.87. The molecule has 0 spiro atoms. The maximum Gasteiger partial charge on any atom is 0.343 e. The number of carbonyl (C=O) groups excluding carboxylic acids is 2. The summed E-state index contributed by atoms with van der Waals surface area (Å²) in [5.74, 6) is -4.16. The molecule has 2 rings (SSSR count). The van der Waals surface area contributed by atoms with Gasteiger partial charge in [-0.1, -0.05) is 11.6 Å². The monoisotopic (exact) mass is 407 g/mol. The quantitative estimate of drug-likeness (QED) is 0.148. The first-order chi connectivity index (χ1) is 10.9. The molecule has 1 N–H and O–H groups in total. The molecule has 4 nitrogen and oxygen atoms in total. The Hall–Kier alpha value is -1.47. The Labute approximate surface area is 145 Å². The minimum Gasteiger partial charge on any atom is -0.462 e. The number of nitrogens with one attached hydrogen (secondary N) is 1. The Kier molecular flexibility index (Phi) is 5.75. The molecule has 124 valence electrons. The molecule has 0 heterocycles. The number of Topliss-reactive ketones (excluding diaryl/α,β-unsaturated/α-hetero) is 1. The molecular formula is C15H13BrClF2NO3. The number of ketones is 1. The van der Waals surface area contributed by atoms with Crippen molar-refractivity contribution in [1.29, 1.82) is 0 Å². The van der Waals surface area contributed by atoms with E-state index in [9.17, 15) is 18.4 Å². The van der Waals surface area contributed by atoms with Crippen molar-refractivity contribution in [2.75, 3.05) is 6.61 Å². The van der Waals surface area contributed by atoms with E-state index in [1.165, 1.54) is 6.20 Å². The average Bonchev–Trinajstić information content (AvgIpc) is 3.33. The Bertz CT molecular complexity index is 690. The normalized spacial score (nSPS) is 14.6. The summed E-state index contributed by atoms with van der Waals surface area (Å²) < 4.78 is 31.4. The molecule has 0 radical (unpaired) electrons. The number of halogens is 4. The van der Waals surface area contributed by atoms with Crippen molar-refractivity contribution in [3.63, 3.8) is 0 Å². The fraction of sp³-hybridized carbons (Fsp3) is 0.333. The number of carbonyl (C=O) groups is 2. The van der Waals surface area contributed by atoms with Gasteiger partial charge >= 0.3 is 5.97 Å². The summed E-state index contributed by atoms with van der Waals surface area (Å²) in [7, 11) is 0. The van der Waals surface area contributed by atoms with E-state index in [0.29, 0.717) is 6.07 Å². The SMILES string of the molecule is CCOC(=O)C(=CNC1CC1)C(=O)c1cc(F)c(F)c(Br)c1Cl. The smallest absolute Gasteiger partial charge is 0.343 e. The van der Waals surface area contributed by atoms with E-state index in [2.05, 4.69) is 21.2 Å². The van der Waals surface area contributed by atoms with E-state index in [1.54, 1.807) is 6.92 Å². The number of hydrogen-bond acceptors (Lipinski definition) is 4. The third-order valence-electron chi connectivity index (χ3n) is 3.13. The van der Waals surface area contributed by atoms with Crippen LogP contribution < -0.4 is 5.32 Å². The third kappa shape index (κ3) is 4.09. The molecule has 1 fully saturated rings. The lowest BCUT2D eigenvalue weighted by Gasteiger charge is -2.10. The molecule has 8 heteroatoms. The highest BCUT2D eigenvalue weighted by Gasteiger charge is 2.28. The topological polar surface area (TPSA) is 55.4 Å². The van der Waals surface area contributed by atoms with Crippen LogP contribution in [0, 0.1) is 11.6 Å². The molecule has 1 aliphatic carbocycles. The number of esters is 1. The summed E-state index contributed by atoms with van der Waals surface area (Å²) in [4.78, 5) is 24.5. The molecule has 1 saturated carbocycles. The van der Waals surface area contributed by atoms with Crippen molar-refractivity contribution in [2.45, 2.75) is 25.8 Å². The number of hydrogen-bond donors (Lipinski definition) is 1. The minimum atomic E-state index is -1.25. The second-order valence-electron chi connectivity index (χ2n) is 4.90. The standard InChI is InChI=1S/C15H13BrClF2NO3/c1-2-23-15(22)9(6-20-7-3-4-7)14(21)8-5-10(18)13(19)11(16)12(8)17/h5-7,20H,2-4H2,1H3. The number of rotatable bonds is 6. The van der Waals surface area contributed by atoms with Crippen LogP contribution in [0.5, 0.6) is 0 Å². The second kappa shape index (κ2) is 7.40. The molecule has 0 saturated heterocycles. The average molecular weight is 409 g/mol. The highest BCUT2D eigenvalue weighted by molar-refractivity contribution is 9.10. The lowest BCUT2D eigenvalue weighted by atomic mass is 10.0. The Morgan fingerprint density at radius 2 is 2.13 bits per heavy atom. The summed E-state index contributed by atoms with van der Waals surface area (Å²) in [6.45, 7) is 1.66. The largest absolute Gasteiger partial charge is 0.462 e. The molecule has 0 aromatic heterocycles.